The Morgan fingerprint density at radius 1 is 1.14 bits per heavy atom. The van der Waals surface area contributed by atoms with Gasteiger partial charge in [-0.1, -0.05) is 65.7 Å². The number of benzene rings is 2. The van der Waals surface area contributed by atoms with Gasteiger partial charge < -0.3 is 5.32 Å². The van der Waals surface area contributed by atoms with E-state index in [0.29, 0.717) is 23.6 Å². The molecule has 4 aliphatic carbocycles. The fraction of sp³-hybridized carbons (Fsp3) is 0.467. The zero-order chi connectivity index (χ0) is 24.3. The number of hydrogen-bond acceptors (Lipinski definition) is 2. The lowest BCUT2D eigenvalue weighted by molar-refractivity contribution is -0.103. The number of carbonyl (C=O) groups excluding carboxylic acids is 1. The van der Waals surface area contributed by atoms with Crippen molar-refractivity contribution in [3.05, 3.63) is 74.9 Å². The van der Waals surface area contributed by atoms with Crippen LogP contribution in [0, 0.1) is 30.1 Å². The molecule has 3 saturated carbocycles. The molecule has 1 heterocycles. The molecule has 3 unspecified atom stereocenters. The molecule has 3 atom stereocenters. The van der Waals surface area contributed by atoms with Crippen molar-refractivity contribution in [1.29, 1.82) is 0 Å². The maximum atomic E-state index is 13.5. The van der Waals surface area contributed by atoms with E-state index in [4.69, 9.17) is 5.10 Å². The van der Waals surface area contributed by atoms with Crippen LogP contribution in [0.1, 0.15) is 65.9 Å². The van der Waals surface area contributed by atoms with E-state index < -0.39 is 0 Å². The second kappa shape index (κ2) is 8.62. The van der Waals surface area contributed by atoms with E-state index in [1.54, 1.807) is 0 Å². The van der Waals surface area contributed by atoms with Crippen molar-refractivity contribution in [2.24, 2.45) is 23.2 Å². The maximum Gasteiger partial charge on any atom is 0.272 e. The number of halogens is 1. The molecule has 182 valence electrons. The SMILES string of the molecule is Cc1ccc(Cn2nc(C(=O)NCC3CCC4CC3C4(C)C)c3c2-c2ccc(Br)cc2CC3)cc1. The van der Waals surface area contributed by atoms with Crippen LogP contribution in [0.15, 0.2) is 46.9 Å². The molecule has 0 saturated heterocycles. The third-order valence-corrected chi connectivity index (χ3v) is 9.70. The predicted octanol–water partition coefficient (Wildman–Crippen LogP) is 6.57. The quantitative estimate of drug-likeness (QED) is 0.404. The number of fused-ring (bicyclic) bond motifs is 5. The standard InChI is InChI=1S/C30H34BrN3O/c1-18-4-6-19(7-5-18)17-34-28-24-13-11-23(31)14-20(24)9-12-25(28)27(33-34)29(35)32-16-21-8-10-22-15-26(21)30(22,2)3/h4-7,11,13-14,21-22,26H,8-10,12,15-17H2,1-3H3,(H,32,35). The predicted molar refractivity (Wildman–Crippen MR) is 143 cm³/mol. The summed E-state index contributed by atoms with van der Waals surface area (Å²) in [5.74, 6) is 2.19. The third-order valence-electron chi connectivity index (χ3n) is 9.21. The van der Waals surface area contributed by atoms with Gasteiger partial charge in [0.15, 0.2) is 5.69 Å². The van der Waals surface area contributed by atoms with E-state index in [2.05, 4.69) is 89.2 Å². The van der Waals surface area contributed by atoms with Crippen LogP contribution < -0.4 is 5.32 Å². The number of aryl methyl sites for hydroxylation is 2. The van der Waals surface area contributed by atoms with Crippen LogP contribution >= 0.6 is 15.9 Å². The van der Waals surface area contributed by atoms with Crippen molar-refractivity contribution in [2.45, 2.75) is 59.4 Å². The maximum absolute atomic E-state index is 13.5. The minimum atomic E-state index is -0.0104. The van der Waals surface area contributed by atoms with Gasteiger partial charge in [0.1, 0.15) is 0 Å². The Kier molecular flexibility index (Phi) is 5.67. The largest absolute Gasteiger partial charge is 0.350 e. The average molecular weight is 533 g/mol. The molecule has 35 heavy (non-hydrogen) atoms. The van der Waals surface area contributed by atoms with Gasteiger partial charge in [-0.3, -0.25) is 9.48 Å². The van der Waals surface area contributed by atoms with Gasteiger partial charge in [-0.05, 0) is 85.5 Å². The molecule has 2 bridgehead atoms. The molecule has 0 spiro atoms. The van der Waals surface area contributed by atoms with Crippen LogP contribution in [0.2, 0.25) is 0 Å². The second-order valence-electron chi connectivity index (χ2n) is 11.5. The summed E-state index contributed by atoms with van der Waals surface area (Å²) in [5, 5.41) is 8.25. The summed E-state index contributed by atoms with van der Waals surface area (Å²) in [5.41, 5.74) is 8.19. The first-order chi connectivity index (χ1) is 16.8. The summed E-state index contributed by atoms with van der Waals surface area (Å²) in [6, 6.07) is 15.1. The highest BCUT2D eigenvalue weighted by molar-refractivity contribution is 9.10. The van der Waals surface area contributed by atoms with Crippen LogP contribution in [0.4, 0.5) is 0 Å². The lowest BCUT2D eigenvalue weighted by Crippen LogP contribution is -2.54. The van der Waals surface area contributed by atoms with Gasteiger partial charge in [0.2, 0.25) is 0 Å². The highest BCUT2D eigenvalue weighted by Gasteiger charge is 2.54. The lowest BCUT2D eigenvalue weighted by Gasteiger charge is -2.60. The van der Waals surface area contributed by atoms with Gasteiger partial charge in [0.25, 0.3) is 5.91 Å². The summed E-state index contributed by atoms with van der Waals surface area (Å²) in [4.78, 5) is 13.5. The molecule has 3 aromatic rings. The molecule has 1 aromatic heterocycles. The molecule has 0 aliphatic heterocycles. The normalized spacial score (nSPS) is 23.7. The third kappa shape index (κ3) is 3.96. The highest BCUT2D eigenvalue weighted by Crippen LogP contribution is 2.61. The molecule has 1 N–H and O–H groups in total. The van der Waals surface area contributed by atoms with Gasteiger partial charge in [0, 0.05) is 22.1 Å². The molecule has 7 rings (SSSR count). The Labute approximate surface area is 216 Å². The first-order valence-corrected chi connectivity index (χ1v) is 13.8. The summed E-state index contributed by atoms with van der Waals surface area (Å²) in [7, 11) is 0. The second-order valence-corrected chi connectivity index (χ2v) is 12.4. The first kappa shape index (κ1) is 23.0. The van der Waals surface area contributed by atoms with E-state index >= 15 is 0 Å². The Morgan fingerprint density at radius 3 is 2.69 bits per heavy atom. The van der Waals surface area contributed by atoms with Gasteiger partial charge in [0.05, 0.1) is 12.2 Å². The number of nitrogens with one attached hydrogen (secondary N) is 1. The van der Waals surface area contributed by atoms with Crippen molar-refractivity contribution in [2.75, 3.05) is 6.54 Å². The zero-order valence-electron chi connectivity index (χ0n) is 20.9. The number of amides is 1. The summed E-state index contributed by atoms with van der Waals surface area (Å²) < 4.78 is 3.15. The molecule has 3 fully saturated rings. The van der Waals surface area contributed by atoms with Crippen molar-refractivity contribution in [3.63, 3.8) is 0 Å². The lowest BCUT2D eigenvalue weighted by atomic mass is 9.45. The zero-order valence-corrected chi connectivity index (χ0v) is 22.5. The number of carbonyl (C=O) groups is 1. The fourth-order valence-corrected chi connectivity index (χ4v) is 7.38. The molecule has 2 aromatic carbocycles. The van der Waals surface area contributed by atoms with Crippen molar-refractivity contribution in [1.82, 2.24) is 15.1 Å². The number of aromatic nitrogens is 2. The number of rotatable bonds is 5. The summed E-state index contributed by atoms with van der Waals surface area (Å²) in [6.07, 6.45) is 5.65. The van der Waals surface area contributed by atoms with Crippen molar-refractivity contribution in [3.8, 4) is 11.3 Å². The van der Waals surface area contributed by atoms with Crippen LogP contribution in [0.3, 0.4) is 0 Å². The summed E-state index contributed by atoms with van der Waals surface area (Å²) >= 11 is 3.63. The van der Waals surface area contributed by atoms with E-state index in [0.717, 1.165) is 47.0 Å². The molecule has 1 amide bonds. The number of hydrogen-bond donors (Lipinski definition) is 1. The Bertz CT molecular complexity index is 1290. The monoisotopic (exact) mass is 531 g/mol. The van der Waals surface area contributed by atoms with Crippen LogP contribution in [0.25, 0.3) is 11.3 Å². The number of nitrogens with zero attached hydrogens (tertiary/aromatic N) is 2. The van der Waals surface area contributed by atoms with Crippen molar-refractivity contribution < 1.29 is 4.79 Å². The molecule has 5 heteroatoms. The molecule has 0 radical (unpaired) electrons. The fourth-order valence-electron chi connectivity index (χ4n) is 6.97. The molecule has 4 aliphatic rings. The van der Waals surface area contributed by atoms with Crippen molar-refractivity contribution >= 4 is 21.8 Å². The minimum absolute atomic E-state index is 0.0104. The van der Waals surface area contributed by atoms with E-state index in [1.165, 1.54) is 41.5 Å². The van der Waals surface area contributed by atoms with Crippen LogP contribution in [-0.2, 0) is 19.4 Å². The van der Waals surface area contributed by atoms with E-state index in [9.17, 15) is 4.79 Å². The van der Waals surface area contributed by atoms with Crippen LogP contribution in [-0.4, -0.2) is 22.2 Å². The minimum Gasteiger partial charge on any atom is -0.350 e. The smallest absolute Gasteiger partial charge is 0.272 e. The van der Waals surface area contributed by atoms with Crippen LogP contribution in [0.5, 0.6) is 0 Å². The van der Waals surface area contributed by atoms with Gasteiger partial charge in [-0.15, -0.1) is 0 Å². The van der Waals surface area contributed by atoms with Gasteiger partial charge in [-0.25, -0.2) is 0 Å². The Morgan fingerprint density at radius 2 is 1.94 bits per heavy atom. The Hall–Kier alpha value is -2.40. The summed E-state index contributed by atoms with van der Waals surface area (Å²) in [6.45, 7) is 8.36. The van der Waals surface area contributed by atoms with E-state index in [-0.39, 0.29) is 5.91 Å². The van der Waals surface area contributed by atoms with Gasteiger partial charge >= 0.3 is 0 Å². The van der Waals surface area contributed by atoms with Gasteiger partial charge in [-0.2, -0.15) is 5.10 Å². The molecule has 4 nitrogen and oxygen atoms in total. The highest BCUT2D eigenvalue weighted by atomic mass is 79.9. The molecular weight excluding hydrogens is 498 g/mol. The first-order valence-electron chi connectivity index (χ1n) is 13.0. The van der Waals surface area contributed by atoms with E-state index in [1.807, 2.05) is 0 Å². The topological polar surface area (TPSA) is 46.9 Å². The Balaban J connectivity index is 1.30. The average Bonchev–Trinajstić information content (AvgIpc) is 3.22. The molecular formula is C30H34BrN3O.